The van der Waals surface area contributed by atoms with Crippen molar-refractivity contribution in [1.29, 1.82) is 0 Å². The molecule has 4 nitrogen and oxygen atoms in total. The molecule has 3 N–H and O–H groups in total. The van der Waals surface area contributed by atoms with Crippen LogP contribution in [0.3, 0.4) is 0 Å². The molecule has 19 heavy (non-hydrogen) atoms. The van der Waals surface area contributed by atoms with E-state index in [0.717, 1.165) is 24.4 Å². The van der Waals surface area contributed by atoms with E-state index in [1.807, 2.05) is 24.5 Å². The molecule has 1 aromatic heterocycles. The Hall–Kier alpha value is -1.39. The predicted octanol–water partition coefficient (Wildman–Crippen LogP) is 2.69. The largest absolute Gasteiger partial charge is 0.329 e. The van der Waals surface area contributed by atoms with Gasteiger partial charge in [0.25, 0.3) is 0 Å². The van der Waals surface area contributed by atoms with Gasteiger partial charge in [0.05, 0.1) is 17.4 Å². The molecule has 0 bridgehead atoms. The second-order valence-corrected chi connectivity index (χ2v) is 5.17. The van der Waals surface area contributed by atoms with Gasteiger partial charge in [0.15, 0.2) is 0 Å². The van der Waals surface area contributed by atoms with E-state index in [-0.39, 0.29) is 0 Å². The molecule has 0 aliphatic heterocycles. The van der Waals surface area contributed by atoms with Gasteiger partial charge in [-0.2, -0.15) is 0 Å². The van der Waals surface area contributed by atoms with Crippen molar-refractivity contribution in [3.05, 3.63) is 30.6 Å². The number of rotatable bonds is 7. The zero-order chi connectivity index (χ0) is 13.7. The molecule has 4 heteroatoms. The highest BCUT2D eigenvalue weighted by molar-refractivity contribution is 5.74. The normalized spacial score (nSPS) is 13.3. The van der Waals surface area contributed by atoms with Crippen LogP contribution in [0.2, 0.25) is 0 Å². The third-order valence-electron chi connectivity index (χ3n) is 3.95. The molecule has 104 valence electrons. The highest BCUT2D eigenvalue weighted by Gasteiger charge is 2.14. The first-order chi connectivity index (χ1) is 9.28. The summed E-state index contributed by atoms with van der Waals surface area (Å²) in [6, 6.07) is 8.50. The first-order valence-corrected chi connectivity index (χ1v) is 7.14. The van der Waals surface area contributed by atoms with Gasteiger partial charge in [-0.3, -0.25) is 11.3 Å². The van der Waals surface area contributed by atoms with Gasteiger partial charge in [-0.25, -0.2) is 4.98 Å². The summed E-state index contributed by atoms with van der Waals surface area (Å²) < 4.78 is 2.18. The average Bonchev–Trinajstić information content (AvgIpc) is 2.86. The predicted molar refractivity (Wildman–Crippen MR) is 79.5 cm³/mol. The Labute approximate surface area is 115 Å². The Bertz CT molecular complexity index is 502. The zero-order valence-electron chi connectivity index (χ0n) is 11.8. The van der Waals surface area contributed by atoms with Crippen molar-refractivity contribution in [2.45, 2.75) is 45.7 Å². The minimum atomic E-state index is 0.294. The Morgan fingerprint density at radius 1 is 1.26 bits per heavy atom. The summed E-state index contributed by atoms with van der Waals surface area (Å²) in [7, 11) is 0. The minimum absolute atomic E-state index is 0.294. The number of aromatic nitrogens is 2. The lowest BCUT2D eigenvalue weighted by molar-refractivity contribution is 0.342. The van der Waals surface area contributed by atoms with Gasteiger partial charge in [0.2, 0.25) is 0 Å². The van der Waals surface area contributed by atoms with E-state index < -0.39 is 0 Å². The number of nitrogens with zero attached hydrogens (tertiary/aromatic N) is 2. The molecule has 1 unspecified atom stereocenters. The Kier molecular flexibility index (Phi) is 4.93. The number of fused-ring (bicyclic) bond motifs is 1. The summed E-state index contributed by atoms with van der Waals surface area (Å²) in [5.41, 5.74) is 5.17. The molecule has 0 aliphatic carbocycles. The molecule has 1 atom stereocenters. The van der Waals surface area contributed by atoms with Gasteiger partial charge >= 0.3 is 0 Å². The van der Waals surface area contributed by atoms with Crippen molar-refractivity contribution in [1.82, 2.24) is 15.0 Å². The van der Waals surface area contributed by atoms with Crippen LogP contribution >= 0.6 is 0 Å². The maximum atomic E-state index is 5.71. The van der Waals surface area contributed by atoms with Gasteiger partial charge in [-0.15, -0.1) is 0 Å². The van der Waals surface area contributed by atoms with E-state index in [9.17, 15) is 0 Å². The lowest BCUT2D eigenvalue weighted by atomic mass is 9.95. The van der Waals surface area contributed by atoms with Gasteiger partial charge in [0, 0.05) is 12.6 Å². The fraction of sp³-hybridized carbons (Fsp3) is 0.533. The summed E-state index contributed by atoms with van der Waals surface area (Å²) in [6.45, 7) is 5.36. The van der Waals surface area contributed by atoms with Crippen LogP contribution in [0.4, 0.5) is 0 Å². The molecule has 2 aromatic rings. The lowest BCUT2D eigenvalue weighted by Crippen LogP contribution is -2.39. The summed E-state index contributed by atoms with van der Waals surface area (Å²) >= 11 is 0. The first-order valence-electron chi connectivity index (χ1n) is 7.14. The van der Waals surface area contributed by atoms with E-state index in [4.69, 9.17) is 5.84 Å². The van der Waals surface area contributed by atoms with Gasteiger partial charge < -0.3 is 4.57 Å². The molecular formula is C15H24N4. The lowest BCUT2D eigenvalue weighted by Gasteiger charge is -2.21. The molecular weight excluding hydrogens is 236 g/mol. The van der Waals surface area contributed by atoms with E-state index in [0.29, 0.717) is 6.04 Å². The van der Waals surface area contributed by atoms with E-state index in [1.165, 1.54) is 18.4 Å². The first kappa shape index (κ1) is 14.0. The van der Waals surface area contributed by atoms with E-state index in [2.05, 4.69) is 34.9 Å². The highest BCUT2D eigenvalue weighted by Crippen LogP contribution is 2.18. The molecule has 2 rings (SSSR count). The standard InChI is InChI=1S/C15H24N4/c1-3-12(4-2)9-13(18-16)10-19-11-17-14-7-5-6-8-15(14)19/h5-8,11-13,18H,3-4,9-10,16H2,1-2H3. The number of para-hydroxylation sites is 2. The molecule has 0 saturated carbocycles. The zero-order valence-corrected chi connectivity index (χ0v) is 11.8. The highest BCUT2D eigenvalue weighted by atomic mass is 15.2. The fourth-order valence-electron chi connectivity index (χ4n) is 2.61. The van der Waals surface area contributed by atoms with Gasteiger partial charge in [-0.05, 0) is 24.5 Å². The molecule has 0 radical (unpaired) electrons. The van der Waals surface area contributed by atoms with Crippen LogP contribution < -0.4 is 11.3 Å². The topological polar surface area (TPSA) is 55.9 Å². The molecule has 0 fully saturated rings. The van der Waals surface area contributed by atoms with Crippen molar-refractivity contribution in [3.63, 3.8) is 0 Å². The molecule has 0 aliphatic rings. The SMILES string of the molecule is CCC(CC)CC(Cn1cnc2ccccc21)NN. The maximum Gasteiger partial charge on any atom is 0.0958 e. The number of nitrogens with two attached hydrogens (primary N) is 1. The van der Waals surface area contributed by atoms with Crippen LogP contribution in [-0.4, -0.2) is 15.6 Å². The van der Waals surface area contributed by atoms with Crippen molar-refractivity contribution in [2.24, 2.45) is 11.8 Å². The minimum Gasteiger partial charge on any atom is -0.329 e. The number of benzene rings is 1. The summed E-state index contributed by atoms with van der Waals surface area (Å²) in [5.74, 6) is 6.44. The Morgan fingerprint density at radius 2 is 2.00 bits per heavy atom. The Morgan fingerprint density at radius 3 is 2.68 bits per heavy atom. The maximum absolute atomic E-state index is 5.71. The number of hydrogen-bond acceptors (Lipinski definition) is 3. The smallest absolute Gasteiger partial charge is 0.0958 e. The van der Waals surface area contributed by atoms with Crippen LogP contribution in [0.1, 0.15) is 33.1 Å². The monoisotopic (exact) mass is 260 g/mol. The summed E-state index contributed by atoms with van der Waals surface area (Å²) in [6.07, 6.45) is 5.43. The average molecular weight is 260 g/mol. The van der Waals surface area contributed by atoms with Crippen LogP contribution in [0.25, 0.3) is 11.0 Å². The second-order valence-electron chi connectivity index (χ2n) is 5.17. The Balaban J connectivity index is 2.09. The van der Waals surface area contributed by atoms with Crippen molar-refractivity contribution in [2.75, 3.05) is 0 Å². The van der Waals surface area contributed by atoms with E-state index >= 15 is 0 Å². The fourth-order valence-corrected chi connectivity index (χ4v) is 2.61. The van der Waals surface area contributed by atoms with Crippen molar-refractivity contribution >= 4 is 11.0 Å². The molecule has 0 amide bonds. The third kappa shape index (κ3) is 3.33. The van der Waals surface area contributed by atoms with Gasteiger partial charge in [-0.1, -0.05) is 38.8 Å². The van der Waals surface area contributed by atoms with E-state index in [1.54, 1.807) is 0 Å². The van der Waals surface area contributed by atoms with Gasteiger partial charge in [0.1, 0.15) is 0 Å². The van der Waals surface area contributed by atoms with Crippen LogP contribution in [0.5, 0.6) is 0 Å². The van der Waals surface area contributed by atoms with Crippen molar-refractivity contribution < 1.29 is 0 Å². The van der Waals surface area contributed by atoms with Crippen LogP contribution in [-0.2, 0) is 6.54 Å². The number of hydrazine groups is 1. The molecule has 0 saturated heterocycles. The number of nitrogens with one attached hydrogen (secondary N) is 1. The van der Waals surface area contributed by atoms with Crippen LogP contribution in [0, 0.1) is 5.92 Å². The number of imidazole rings is 1. The van der Waals surface area contributed by atoms with Crippen LogP contribution in [0.15, 0.2) is 30.6 Å². The third-order valence-corrected chi connectivity index (χ3v) is 3.95. The summed E-state index contributed by atoms with van der Waals surface area (Å²) in [5, 5.41) is 0. The molecule has 1 aromatic carbocycles. The quantitative estimate of drug-likeness (QED) is 0.594. The molecule has 1 heterocycles. The number of hydrogen-bond donors (Lipinski definition) is 2. The van der Waals surface area contributed by atoms with Crippen molar-refractivity contribution in [3.8, 4) is 0 Å². The second kappa shape index (κ2) is 6.68. The summed E-state index contributed by atoms with van der Waals surface area (Å²) in [4.78, 5) is 4.42. The molecule has 0 spiro atoms.